The molecule has 1 saturated heterocycles. The van der Waals surface area contributed by atoms with Crippen LogP contribution in [0.5, 0.6) is 0 Å². The van der Waals surface area contributed by atoms with Crippen LogP contribution in [0.1, 0.15) is 22.9 Å². The number of hydrogen-bond acceptors (Lipinski definition) is 1. The molecule has 29 heavy (non-hydrogen) atoms. The molecular weight excluding hydrogens is 375 g/mol. The molecular formula is C23H24F3N3+2. The molecule has 2 N–H and O–H groups in total. The zero-order valence-corrected chi connectivity index (χ0v) is 16.0. The van der Waals surface area contributed by atoms with Crippen molar-refractivity contribution in [2.45, 2.75) is 12.2 Å². The van der Waals surface area contributed by atoms with Gasteiger partial charge in [-0.15, -0.1) is 0 Å². The van der Waals surface area contributed by atoms with Gasteiger partial charge in [0.15, 0.2) is 0 Å². The Hall–Kier alpha value is -2.86. The van der Waals surface area contributed by atoms with Crippen molar-refractivity contribution in [1.29, 1.82) is 0 Å². The number of piperazine rings is 1. The van der Waals surface area contributed by atoms with Gasteiger partial charge in [0.25, 0.3) is 5.82 Å². The van der Waals surface area contributed by atoms with Crippen LogP contribution >= 0.6 is 0 Å². The number of aromatic amines is 1. The van der Waals surface area contributed by atoms with Gasteiger partial charge in [-0.2, -0.15) is 13.2 Å². The molecule has 6 heteroatoms. The van der Waals surface area contributed by atoms with E-state index >= 15 is 0 Å². The van der Waals surface area contributed by atoms with Gasteiger partial charge in [0.05, 0.1) is 0 Å². The topological polar surface area (TPSA) is 21.8 Å². The lowest BCUT2D eigenvalue weighted by Gasteiger charge is -2.34. The lowest BCUT2D eigenvalue weighted by molar-refractivity contribution is -0.926. The van der Waals surface area contributed by atoms with E-state index in [0.29, 0.717) is 18.9 Å². The van der Waals surface area contributed by atoms with Gasteiger partial charge in [-0.1, -0.05) is 60.7 Å². The minimum absolute atomic E-state index is 0.213. The number of alkyl halides is 3. The van der Waals surface area contributed by atoms with Gasteiger partial charge in [-0.3, -0.25) is 4.90 Å². The number of rotatable bonds is 4. The van der Waals surface area contributed by atoms with Gasteiger partial charge in [-0.25, -0.2) is 4.98 Å². The lowest BCUT2D eigenvalue weighted by Crippen LogP contribution is -3.15. The van der Waals surface area contributed by atoms with Gasteiger partial charge in [0.2, 0.25) is 5.69 Å². The van der Waals surface area contributed by atoms with E-state index < -0.39 is 11.9 Å². The number of benzene rings is 2. The minimum atomic E-state index is -4.37. The smallest absolute Gasteiger partial charge is 0.318 e. The van der Waals surface area contributed by atoms with Gasteiger partial charge < -0.3 is 4.90 Å². The van der Waals surface area contributed by atoms with Crippen molar-refractivity contribution in [3.8, 4) is 0 Å². The maximum atomic E-state index is 13.0. The summed E-state index contributed by atoms with van der Waals surface area (Å²) in [5.74, 6) is 0.523. The van der Waals surface area contributed by atoms with Crippen molar-refractivity contribution < 1.29 is 23.1 Å². The Bertz CT molecular complexity index is 881. The molecule has 0 amide bonds. The number of aromatic nitrogens is 1. The van der Waals surface area contributed by atoms with E-state index in [1.807, 2.05) is 17.0 Å². The maximum Gasteiger partial charge on any atom is 0.453 e. The Morgan fingerprint density at radius 2 is 1.31 bits per heavy atom. The highest BCUT2D eigenvalue weighted by molar-refractivity contribution is 5.34. The number of anilines is 1. The standard InChI is InChI=1S/C23H22F3N3/c24-23(25,26)20-12-7-13-21(27-20)28-14-16-29(17-15-28)22(18-8-3-1-4-9-18)19-10-5-2-6-11-19/h1-13,22H,14-17H2/p+2. The highest BCUT2D eigenvalue weighted by atomic mass is 19.4. The summed E-state index contributed by atoms with van der Waals surface area (Å²) in [5, 5.41) is 0. The number of nitrogens with one attached hydrogen (secondary N) is 2. The SMILES string of the molecule is FC(F)(F)c1cccc(N2CC[NH+](C(c3ccccc3)c3ccccc3)CC2)[nH+]1. The fraction of sp³-hybridized carbons (Fsp3) is 0.261. The molecule has 0 spiro atoms. The molecule has 0 radical (unpaired) electrons. The van der Waals surface area contributed by atoms with E-state index in [-0.39, 0.29) is 6.04 Å². The second-order valence-electron chi connectivity index (χ2n) is 7.35. The van der Waals surface area contributed by atoms with Crippen LogP contribution in [-0.4, -0.2) is 26.2 Å². The first kappa shape index (κ1) is 19.5. The van der Waals surface area contributed by atoms with E-state index in [0.717, 1.165) is 19.2 Å². The van der Waals surface area contributed by atoms with Crippen LogP contribution in [0.3, 0.4) is 0 Å². The van der Waals surface area contributed by atoms with Crippen LogP contribution in [-0.2, 0) is 6.18 Å². The highest BCUT2D eigenvalue weighted by Crippen LogP contribution is 2.26. The third kappa shape index (κ3) is 4.43. The molecule has 2 heterocycles. The fourth-order valence-corrected chi connectivity index (χ4v) is 4.08. The van der Waals surface area contributed by atoms with Crippen molar-refractivity contribution in [2.75, 3.05) is 31.1 Å². The van der Waals surface area contributed by atoms with Crippen LogP contribution in [0.15, 0.2) is 78.9 Å². The predicted octanol–water partition coefficient (Wildman–Crippen LogP) is 3.01. The Balaban J connectivity index is 1.53. The Kier molecular flexibility index (Phi) is 5.53. The largest absolute Gasteiger partial charge is 0.453 e. The third-order valence-electron chi connectivity index (χ3n) is 5.51. The number of halogens is 3. The second-order valence-corrected chi connectivity index (χ2v) is 7.35. The van der Waals surface area contributed by atoms with Gasteiger partial charge in [-0.05, 0) is 12.1 Å². The average Bonchev–Trinajstić information content (AvgIpc) is 2.76. The molecule has 1 aliphatic rings. The molecule has 0 saturated carbocycles. The summed E-state index contributed by atoms with van der Waals surface area (Å²) in [5.41, 5.74) is 1.80. The first-order valence-electron chi connectivity index (χ1n) is 9.81. The van der Waals surface area contributed by atoms with Crippen LogP contribution in [0, 0.1) is 0 Å². The minimum Gasteiger partial charge on any atom is -0.318 e. The molecule has 2 aromatic carbocycles. The molecule has 1 aromatic heterocycles. The summed E-state index contributed by atoms with van der Waals surface area (Å²) in [6, 6.07) is 25.3. The maximum absolute atomic E-state index is 13.0. The Morgan fingerprint density at radius 1 is 0.759 bits per heavy atom. The average molecular weight is 399 g/mol. The molecule has 3 nitrogen and oxygen atoms in total. The predicted molar refractivity (Wildman–Crippen MR) is 106 cm³/mol. The number of H-pyrrole nitrogens is 1. The van der Waals surface area contributed by atoms with Gasteiger partial charge >= 0.3 is 6.18 Å². The van der Waals surface area contributed by atoms with E-state index in [1.165, 1.54) is 22.1 Å². The molecule has 0 atom stereocenters. The third-order valence-corrected chi connectivity index (χ3v) is 5.51. The summed E-state index contributed by atoms with van der Waals surface area (Å²) in [6.07, 6.45) is -4.37. The van der Waals surface area contributed by atoms with E-state index in [1.54, 1.807) is 6.07 Å². The summed E-state index contributed by atoms with van der Waals surface area (Å²) in [7, 11) is 0. The van der Waals surface area contributed by atoms with Crippen LogP contribution in [0.4, 0.5) is 19.0 Å². The van der Waals surface area contributed by atoms with Gasteiger partial charge in [0, 0.05) is 17.2 Å². The number of nitrogens with zero attached hydrogens (tertiary/aromatic N) is 1. The Labute approximate surface area is 168 Å². The van der Waals surface area contributed by atoms with E-state index in [2.05, 4.69) is 53.5 Å². The zero-order chi connectivity index (χ0) is 20.3. The quantitative estimate of drug-likeness (QED) is 0.716. The normalized spacial score (nSPS) is 15.7. The number of pyridine rings is 1. The Morgan fingerprint density at radius 3 is 1.83 bits per heavy atom. The molecule has 150 valence electrons. The van der Waals surface area contributed by atoms with Gasteiger partial charge in [0.1, 0.15) is 32.2 Å². The first-order valence-corrected chi connectivity index (χ1v) is 9.81. The molecule has 4 rings (SSSR count). The van der Waals surface area contributed by atoms with Crippen molar-refractivity contribution in [3.63, 3.8) is 0 Å². The van der Waals surface area contributed by atoms with Crippen LogP contribution in [0.25, 0.3) is 0 Å². The monoisotopic (exact) mass is 399 g/mol. The number of quaternary nitrogens is 1. The van der Waals surface area contributed by atoms with E-state index in [9.17, 15) is 13.2 Å². The molecule has 1 fully saturated rings. The van der Waals surface area contributed by atoms with Crippen molar-refractivity contribution in [2.24, 2.45) is 0 Å². The lowest BCUT2D eigenvalue weighted by atomic mass is 9.96. The summed E-state index contributed by atoms with van der Waals surface area (Å²) < 4.78 is 39.1. The number of hydrogen-bond donors (Lipinski definition) is 1. The molecule has 0 bridgehead atoms. The van der Waals surface area contributed by atoms with Crippen molar-refractivity contribution >= 4 is 5.82 Å². The molecule has 3 aromatic rings. The fourth-order valence-electron chi connectivity index (χ4n) is 4.08. The first-order chi connectivity index (χ1) is 14.0. The van der Waals surface area contributed by atoms with Crippen molar-refractivity contribution in [3.05, 3.63) is 95.7 Å². The molecule has 1 aliphatic heterocycles. The van der Waals surface area contributed by atoms with E-state index in [4.69, 9.17) is 0 Å². The van der Waals surface area contributed by atoms with Crippen LogP contribution < -0.4 is 14.8 Å². The summed E-state index contributed by atoms with van der Waals surface area (Å²) in [4.78, 5) is 5.98. The molecule has 0 aliphatic carbocycles. The second kappa shape index (κ2) is 8.25. The van der Waals surface area contributed by atoms with Crippen molar-refractivity contribution in [1.82, 2.24) is 0 Å². The molecule has 0 unspecified atom stereocenters. The zero-order valence-electron chi connectivity index (χ0n) is 16.0. The summed E-state index contributed by atoms with van der Waals surface area (Å²) in [6.45, 7) is 3.09. The summed E-state index contributed by atoms with van der Waals surface area (Å²) >= 11 is 0. The van der Waals surface area contributed by atoms with Crippen LogP contribution in [0.2, 0.25) is 0 Å². The highest BCUT2D eigenvalue weighted by Gasteiger charge is 2.37.